The van der Waals surface area contributed by atoms with Gasteiger partial charge in [0.25, 0.3) is 0 Å². The molecule has 9 heteroatoms. The van der Waals surface area contributed by atoms with Gasteiger partial charge in [0.1, 0.15) is 18.0 Å². The molecule has 9 nitrogen and oxygen atoms in total. The molecule has 0 amide bonds. The number of hydrogen-bond acceptors (Lipinski definition) is 8. The summed E-state index contributed by atoms with van der Waals surface area (Å²) in [6, 6.07) is 8.33. The third-order valence-corrected chi connectivity index (χ3v) is 11.1. The number of benzene rings is 1. The zero-order valence-electron chi connectivity index (χ0n) is 27.0. The molecule has 1 aromatic carbocycles. The second kappa shape index (κ2) is 11.4. The van der Waals surface area contributed by atoms with Gasteiger partial charge in [0.05, 0.1) is 32.0 Å². The molecular formula is C35H48N2O7. The summed E-state index contributed by atoms with van der Waals surface area (Å²) in [5.74, 6) is -1.66. The Morgan fingerprint density at radius 1 is 1.11 bits per heavy atom. The van der Waals surface area contributed by atoms with E-state index in [0.29, 0.717) is 57.4 Å². The van der Waals surface area contributed by atoms with Crippen LogP contribution in [-0.4, -0.2) is 89.8 Å². The smallest absolute Gasteiger partial charge is 0.320 e. The van der Waals surface area contributed by atoms with Crippen LogP contribution in [0.25, 0.3) is 10.9 Å². The predicted molar refractivity (Wildman–Crippen MR) is 166 cm³/mol. The zero-order valence-corrected chi connectivity index (χ0v) is 27.0. The molecule has 1 aliphatic heterocycles. The van der Waals surface area contributed by atoms with Crippen LogP contribution in [0.3, 0.4) is 0 Å². The Morgan fingerprint density at radius 3 is 2.45 bits per heavy atom. The summed E-state index contributed by atoms with van der Waals surface area (Å²) in [4.78, 5) is 31.8. The monoisotopic (exact) mass is 608 g/mol. The number of ether oxygens (including phenoxy) is 4. The van der Waals surface area contributed by atoms with Crippen molar-refractivity contribution in [1.29, 1.82) is 0 Å². The molecule has 1 saturated heterocycles. The highest BCUT2D eigenvalue weighted by molar-refractivity contribution is 5.86. The van der Waals surface area contributed by atoms with Gasteiger partial charge in [-0.15, -0.1) is 0 Å². The van der Waals surface area contributed by atoms with Crippen molar-refractivity contribution >= 4 is 23.2 Å². The van der Waals surface area contributed by atoms with Crippen LogP contribution < -0.4 is 0 Å². The lowest BCUT2D eigenvalue weighted by Crippen LogP contribution is -2.75. The van der Waals surface area contributed by atoms with Gasteiger partial charge >= 0.3 is 5.97 Å². The van der Waals surface area contributed by atoms with Gasteiger partial charge in [0.15, 0.2) is 5.79 Å². The van der Waals surface area contributed by atoms with Crippen LogP contribution in [0.15, 0.2) is 35.9 Å². The highest BCUT2D eigenvalue weighted by Crippen LogP contribution is 2.70. The number of nitrogens with zero attached hydrogens (tertiary/aromatic N) is 1. The third kappa shape index (κ3) is 4.61. The van der Waals surface area contributed by atoms with Gasteiger partial charge in [-0.05, 0) is 70.6 Å². The van der Waals surface area contributed by atoms with Crippen molar-refractivity contribution in [1.82, 2.24) is 9.88 Å². The van der Waals surface area contributed by atoms with E-state index in [9.17, 15) is 14.7 Å². The van der Waals surface area contributed by atoms with Crippen LogP contribution in [0, 0.1) is 11.3 Å². The number of morpholine rings is 1. The minimum absolute atomic E-state index is 0.0989. The van der Waals surface area contributed by atoms with E-state index in [-0.39, 0.29) is 24.7 Å². The van der Waals surface area contributed by atoms with E-state index in [4.69, 9.17) is 18.9 Å². The maximum Gasteiger partial charge on any atom is 0.320 e. The molecule has 4 aliphatic rings. The van der Waals surface area contributed by atoms with E-state index in [2.05, 4.69) is 37.0 Å². The summed E-state index contributed by atoms with van der Waals surface area (Å²) < 4.78 is 25.0. The van der Waals surface area contributed by atoms with E-state index in [1.165, 1.54) is 17.0 Å². The molecule has 2 heterocycles. The lowest BCUT2D eigenvalue weighted by Gasteiger charge is -2.67. The Hall–Kier alpha value is -2.56. The minimum atomic E-state index is -1.76. The lowest BCUT2D eigenvalue weighted by atomic mass is 9.41. The maximum atomic E-state index is 13.6. The van der Waals surface area contributed by atoms with E-state index in [0.717, 1.165) is 17.6 Å². The molecule has 0 radical (unpaired) electrons. The number of nitrogens with one attached hydrogen (secondary N) is 1. The Bertz CT molecular complexity index is 1430. The number of aromatic amines is 1. The number of carbonyl (C=O) groups is 2. The van der Waals surface area contributed by atoms with E-state index >= 15 is 0 Å². The maximum absolute atomic E-state index is 13.6. The summed E-state index contributed by atoms with van der Waals surface area (Å²) >= 11 is 0. The van der Waals surface area contributed by atoms with Crippen molar-refractivity contribution in [3.05, 3.63) is 47.2 Å². The molecule has 6 rings (SSSR count). The zero-order chi connectivity index (χ0) is 31.5. The van der Waals surface area contributed by atoms with Crippen LogP contribution in [0.5, 0.6) is 0 Å². The Kier molecular flexibility index (Phi) is 8.11. The average molecular weight is 609 g/mol. The van der Waals surface area contributed by atoms with Gasteiger partial charge in [-0.2, -0.15) is 0 Å². The summed E-state index contributed by atoms with van der Waals surface area (Å²) in [5.41, 5.74) is 0.654. The highest BCUT2D eigenvalue weighted by atomic mass is 16.7. The predicted octanol–water partition coefficient (Wildman–Crippen LogP) is 4.45. The van der Waals surface area contributed by atoms with E-state index in [1.807, 2.05) is 38.7 Å². The van der Waals surface area contributed by atoms with Gasteiger partial charge in [-0.1, -0.05) is 32.0 Å². The second-order valence-electron chi connectivity index (χ2n) is 14.1. The first kappa shape index (κ1) is 31.4. The SMILES string of the molecule is CC(C)OC1(OC(C)C)CC[C@]2(C)[C@@]3(C)c4[nH]c5ccccc5c4C[C@@H]3C[C@H](OC(=O)CN3CCOCC3)[C@@]2(O)/C1=C/C=O. The summed E-state index contributed by atoms with van der Waals surface area (Å²) in [6.07, 6.45) is 2.90. The molecule has 0 spiro atoms. The Balaban J connectivity index is 1.51. The molecular weight excluding hydrogens is 560 g/mol. The van der Waals surface area contributed by atoms with Crippen molar-refractivity contribution in [2.24, 2.45) is 11.3 Å². The number of rotatable bonds is 8. The minimum Gasteiger partial charge on any atom is -0.458 e. The molecule has 2 aromatic rings. The van der Waals surface area contributed by atoms with Crippen molar-refractivity contribution in [2.75, 3.05) is 32.8 Å². The number of fused-ring (bicyclic) bond motifs is 7. The van der Waals surface area contributed by atoms with Crippen LogP contribution in [0.2, 0.25) is 0 Å². The number of esters is 1. The Labute approximate surface area is 260 Å². The quantitative estimate of drug-likeness (QED) is 0.196. The number of carbonyl (C=O) groups excluding carboxylic acids is 2. The standard InChI is InChI=1S/C35H48N2O7/c1-22(2)43-34(44-23(3)4)13-12-32(5)33(6)24(19-26-25-9-7-8-10-27(25)36-31(26)33)20-29(35(32,40)28(34)11-16-38)42-30(39)21-37-14-17-41-18-15-37/h7-11,16,22-24,29,36,40H,12-15,17-21H2,1-6H3/b28-11+/t24-,29+,32-,33-,35+/m1/s1. The number of aliphatic hydroxyl groups is 1. The molecule has 3 aliphatic carbocycles. The molecule has 2 N–H and O–H groups in total. The number of hydrogen-bond donors (Lipinski definition) is 2. The second-order valence-corrected chi connectivity index (χ2v) is 14.1. The average Bonchev–Trinajstić information content (AvgIpc) is 3.47. The van der Waals surface area contributed by atoms with Crippen molar-refractivity contribution < 1.29 is 33.6 Å². The number of allylic oxidation sites excluding steroid dienone is 1. The third-order valence-electron chi connectivity index (χ3n) is 11.1. The van der Waals surface area contributed by atoms with Crippen LogP contribution in [0.4, 0.5) is 0 Å². The number of aldehydes is 1. The van der Waals surface area contributed by atoms with E-state index in [1.54, 1.807) is 0 Å². The van der Waals surface area contributed by atoms with Crippen LogP contribution >= 0.6 is 0 Å². The molecule has 5 atom stereocenters. The molecule has 44 heavy (non-hydrogen) atoms. The molecule has 0 bridgehead atoms. The van der Waals surface area contributed by atoms with Gasteiger partial charge in [0.2, 0.25) is 0 Å². The van der Waals surface area contributed by atoms with Gasteiger partial charge in [-0.25, -0.2) is 0 Å². The molecule has 0 unspecified atom stereocenters. The van der Waals surface area contributed by atoms with Gasteiger partial charge < -0.3 is 29.0 Å². The van der Waals surface area contributed by atoms with Crippen molar-refractivity contribution in [2.45, 2.75) is 102 Å². The number of para-hydroxylation sites is 1. The van der Waals surface area contributed by atoms with E-state index < -0.39 is 34.3 Å². The summed E-state index contributed by atoms with van der Waals surface area (Å²) in [6.45, 7) is 14.6. The lowest BCUT2D eigenvalue weighted by molar-refractivity contribution is -0.311. The fourth-order valence-electron chi connectivity index (χ4n) is 9.12. The summed E-state index contributed by atoms with van der Waals surface area (Å²) in [7, 11) is 0. The highest BCUT2D eigenvalue weighted by Gasteiger charge is 2.76. The Morgan fingerprint density at radius 2 is 1.80 bits per heavy atom. The van der Waals surface area contributed by atoms with Crippen LogP contribution in [-0.2, 0) is 40.4 Å². The molecule has 240 valence electrons. The molecule has 1 aromatic heterocycles. The fourth-order valence-corrected chi connectivity index (χ4v) is 9.12. The normalized spacial score (nSPS) is 34.2. The first-order valence-corrected chi connectivity index (χ1v) is 16.2. The van der Waals surface area contributed by atoms with Gasteiger partial charge in [0, 0.05) is 52.5 Å². The largest absolute Gasteiger partial charge is 0.458 e. The number of H-pyrrole nitrogens is 1. The first-order valence-electron chi connectivity index (χ1n) is 16.2. The van der Waals surface area contributed by atoms with Crippen molar-refractivity contribution in [3.8, 4) is 0 Å². The van der Waals surface area contributed by atoms with Crippen LogP contribution in [0.1, 0.15) is 72.1 Å². The fraction of sp³-hybridized carbons (Fsp3) is 0.657. The molecule has 3 fully saturated rings. The summed E-state index contributed by atoms with van der Waals surface area (Å²) in [5, 5.41) is 14.7. The number of aromatic nitrogens is 1. The first-order chi connectivity index (χ1) is 20.9. The van der Waals surface area contributed by atoms with Crippen molar-refractivity contribution in [3.63, 3.8) is 0 Å². The topological polar surface area (TPSA) is 110 Å². The molecule has 2 saturated carbocycles. The van der Waals surface area contributed by atoms with Gasteiger partial charge in [-0.3, -0.25) is 14.5 Å².